The summed E-state index contributed by atoms with van der Waals surface area (Å²) in [6, 6.07) is 2.49. The van der Waals surface area contributed by atoms with Gasteiger partial charge in [-0.1, -0.05) is 19.3 Å². The first-order valence-corrected chi connectivity index (χ1v) is 8.02. The Hall–Kier alpha value is -0.830. The molecule has 3 heteroatoms. The lowest BCUT2D eigenvalue weighted by molar-refractivity contribution is -0.139. The minimum Gasteiger partial charge on any atom is -0.335 e. The lowest BCUT2D eigenvalue weighted by Crippen LogP contribution is -2.42. The highest BCUT2D eigenvalue weighted by Crippen LogP contribution is 2.35. The summed E-state index contributed by atoms with van der Waals surface area (Å²) in [6.07, 6.45) is 7.06. The van der Waals surface area contributed by atoms with Crippen LogP contribution in [0, 0.1) is 5.92 Å². The lowest BCUT2D eigenvalue weighted by Gasteiger charge is -2.37. The van der Waals surface area contributed by atoms with Gasteiger partial charge in [-0.15, -0.1) is 11.3 Å². The van der Waals surface area contributed by atoms with Crippen molar-refractivity contribution in [2.75, 3.05) is 6.54 Å². The molecule has 2 heterocycles. The zero-order valence-electron chi connectivity index (χ0n) is 11.0. The molecule has 1 aromatic rings. The normalized spacial score (nSPS) is 24.9. The van der Waals surface area contributed by atoms with E-state index in [0.29, 0.717) is 11.8 Å². The second kappa shape index (κ2) is 5.04. The molecule has 18 heavy (non-hydrogen) atoms. The van der Waals surface area contributed by atoms with E-state index in [1.165, 1.54) is 29.7 Å². The molecule has 1 aliphatic carbocycles. The van der Waals surface area contributed by atoms with Crippen LogP contribution < -0.4 is 0 Å². The van der Waals surface area contributed by atoms with Gasteiger partial charge in [-0.2, -0.15) is 0 Å². The van der Waals surface area contributed by atoms with Gasteiger partial charge in [0.1, 0.15) is 0 Å². The quantitative estimate of drug-likeness (QED) is 0.755. The average molecular weight is 263 g/mol. The van der Waals surface area contributed by atoms with Crippen molar-refractivity contribution in [1.29, 1.82) is 0 Å². The van der Waals surface area contributed by atoms with Crippen molar-refractivity contribution in [2.45, 2.75) is 51.5 Å². The van der Waals surface area contributed by atoms with E-state index in [-0.39, 0.29) is 6.04 Å². The van der Waals surface area contributed by atoms with Gasteiger partial charge >= 0.3 is 0 Å². The van der Waals surface area contributed by atoms with Crippen LogP contribution in [0.1, 0.15) is 55.5 Å². The Morgan fingerprint density at radius 1 is 1.33 bits per heavy atom. The first-order valence-electron chi connectivity index (χ1n) is 7.14. The summed E-state index contributed by atoms with van der Waals surface area (Å²) in [5.41, 5.74) is 1.38. The first kappa shape index (κ1) is 12.2. The average Bonchev–Trinajstić information content (AvgIpc) is 2.89. The summed E-state index contributed by atoms with van der Waals surface area (Å²) < 4.78 is 0. The SMILES string of the molecule is CC1c2ccsc2CCN1C(=O)C1CCCCC1. The Labute approximate surface area is 113 Å². The predicted octanol–water partition coefficient (Wildman–Crippen LogP) is 3.77. The van der Waals surface area contributed by atoms with Crippen LogP contribution in [-0.2, 0) is 11.2 Å². The Balaban J connectivity index is 1.75. The molecule has 2 nitrogen and oxygen atoms in total. The fraction of sp³-hybridized carbons (Fsp3) is 0.667. The van der Waals surface area contributed by atoms with Crippen molar-refractivity contribution in [3.63, 3.8) is 0 Å². The summed E-state index contributed by atoms with van der Waals surface area (Å²) in [5.74, 6) is 0.723. The molecule has 1 saturated carbocycles. The third-order valence-electron chi connectivity index (χ3n) is 4.51. The van der Waals surface area contributed by atoms with E-state index in [1.807, 2.05) is 11.3 Å². The monoisotopic (exact) mass is 263 g/mol. The molecular weight excluding hydrogens is 242 g/mol. The smallest absolute Gasteiger partial charge is 0.226 e. The first-order chi connectivity index (χ1) is 8.77. The van der Waals surface area contributed by atoms with E-state index in [0.717, 1.165) is 25.8 Å². The van der Waals surface area contributed by atoms with Crippen LogP contribution in [-0.4, -0.2) is 17.4 Å². The van der Waals surface area contributed by atoms with Gasteiger partial charge in [-0.3, -0.25) is 4.79 Å². The van der Waals surface area contributed by atoms with Gasteiger partial charge in [-0.25, -0.2) is 0 Å². The van der Waals surface area contributed by atoms with Crippen LogP contribution in [0.2, 0.25) is 0 Å². The molecule has 1 aliphatic heterocycles. The molecule has 1 atom stereocenters. The largest absolute Gasteiger partial charge is 0.335 e. The van der Waals surface area contributed by atoms with E-state index in [1.54, 1.807) is 0 Å². The number of nitrogens with zero attached hydrogens (tertiary/aromatic N) is 1. The van der Waals surface area contributed by atoms with Gasteiger partial charge in [-0.05, 0) is 43.2 Å². The zero-order chi connectivity index (χ0) is 12.5. The second-order valence-electron chi connectivity index (χ2n) is 5.59. The topological polar surface area (TPSA) is 20.3 Å². The van der Waals surface area contributed by atoms with Gasteiger partial charge in [0.25, 0.3) is 0 Å². The summed E-state index contributed by atoms with van der Waals surface area (Å²) in [5, 5.41) is 2.16. The van der Waals surface area contributed by atoms with Crippen molar-refractivity contribution in [3.05, 3.63) is 21.9 Å². The second-order valence-corrected chi connectivity index (χ2v) is 6.59. The Morgan fingerprint density at radius 2 is 2.11 bits per heavy atom. The van der Waals surface area contributed by atoms with Crippen LogP contribution in [0.4, 0.5) is 0 Å². The van der Waals surface area contributed by atoms with Crippen LogP contribution in [0.3, 0.4) is 0 Å². The number of thiophene rings is 1. The summed E-state index contributed by atoms with van der Waals surface area (Å²) >= 11 is 1.84. The molecule has 0 radical (unpaired) electrons. The van der Waals surface area contributed by atoms with Crippen molar-refractivity contribution in [3.8, 4) is 0 Å². The standard InChI is InChI=1S/C15H21NOS/c1-11-13-8-10-18-14(13)7-9-16(11)15(17)12-5-3-2-4-6-12/h8,10-12H,2-7,9H2,1H3. The highest BCUT2D eigenvalue weighted by atomic mass is 32.1. The summed E-state index contributed by atoms with van der Waals surface area (Å²) in [4.78, 5) is 16.2. The minimum absolute atomic E-state index is 0.287. The van der Waals surface area contributed by atoms with Crippen molar-refractivity contribution in [2.24, 2.45) is 5.92 Å². The third-order valence-corrected chi connectivity index (χ3v) is 5.51. The number of amides is 1. The van der Waals surface area contributed by atoms with Gasteiger partial charge in [0, 0.05) is 17.3 Å². The van der Waals surface area contributed by atoms with E-state index >= 15 is 0 Å². The maximum atomic E-state index is 12.6. The number of fused-ring (bicyclic) bond motifs is 1. The minimum atomic E-state index is 0.287. The van der Waals surface area contributed by atoms with E-state index < -0.39 is 0 Å². The van der Waals surface area contributed by atoms with E-state index in [2.05, 4.69) is 23.3 Å². The molecule has 1 amide bonds. The maximum absolute atomic E-state index is 12.6. The van der Waals surface area contributed by atoms with Crippen LogP contribution in [0.25, 0.3) is 0 Å². The van der Waals surface area contributed by atoms with Crippen molar-refractivity contribution >= 4 is 17.2 Å². The zero-order valence-corrected chi connectivity index (χ0v) is 11.8. The fourth-order valence-corrected chi connectivity index (χ4v) is 4.36. The molecule has 0 aromatic carbocycles. The highest BCUT2D eigenvalue weighted by Gasteiger charge is 2.32. The van der Waals surface area contributed by atoms with Gasteiger partial charge in [0.2, 0.25) is 5.91 Å². The number of rotatable bonds is 1. The van der Waals surface area contributed by atoms with E-state index in [9.17, 15) is 4.79 Å². The molecule has 2 aliphatic rings. The molecule has 0 saturated heterocycles. The van der Waals surface area contributed by atoms with Gasteiger partial charge in [0.15, 0.2) is 0 Å². The fourth-order valence-electron chi connectivity index (χ4n) is 3.39. The van der Waals surface area contributed by atoms with Crippen molar-refractivity contribution in [1.82, 2.24) is 4.90 Å². The number of carbonyl (C=O) groups excluding carboxylic acids is 1. The maximum Gasteiger partial charge on any atom is 0.226 e. The van der Waals surface area contributed by atoms with Crippen LogP contribution >= 0.6 is 11.3 Å². The molecule has 0 N–H and O–H groups in total. The molecular formula is C15H21NOS. The molecule has 1 unspecified atom stereocenters. The number of hydrogen-bond donors (Lipinski definition) is 0. The Bertz CT molecular complexity index is 433. The molecule has 0 bridgehead atoms. The third kappa shape index (κ3) is 2.09. The molecule has 1 aromatic heterocycles. The predicted molar refractivity (Wildman–Crippen MR) is 74.7 cm³/mol. The summed E-state index contributed by atoms with van der Waals surface area (Å²) in [7, 11) is 0. The lowest BCUT2D eigenvalue weighted by atomic mass is 9.87. The molecule has 3 rings (SSSR count). The Morgan fingerprint density at radius 3 is 2.89 bits per heavy atom. The van der Waals surface area contributed by atoms with Crippen molar-refractivity contribution < 1.29 is 4.79 Å². The molecule has 1 fully saturated rings. The van der Waals surface area contributed by atoms with Crippen LogP contribution in [0.15, 0.2) is 11.4 Å². The molecule has 0 spiro atoms. The van der Waals surface area contributed by atoms with Gasteiger partial charge < -0.3 is 4.90 Å². The number of carbonyl (C=O) groups is 1. The highest BCUT2D eigenvalue weighted by molar-refractivity contribution is 7.10. The van der Waals surface area contributed by atoms with Gasteiger partial charge in [0.05, 0.1) is 6.04 Å². The summed E-state index contributed by atoms with van der Waals surface area (Å²) in [6.45, 7) is 3.11. The molecule has 98 valence electrons. The van der Waals surface area contributed by atoms with Crippen LogP contribution in [0.5, 0.6) is 0 Å². The number of hydrogen-bond acceptors (Lipinski definition) is 2. The van der Waals surface area contributed by atoms with E-state index in [4.69, 9.17) is 0 Å². The Kier molecular flexibility index (Phi) is 3.42.